The summed E-state index contributed by atoms with van der Waals surface area (Å²) >= 11 is 0. The molecule has 1 aliphatic carbocycles. The molecule has 0 heterocycles. The van der Waals surface area contributed by atoms with Gasteiger partial charge in [0.05, 0.1) is 13.1 Å². The van der Waals surface area contributed by atoms with Gasteiger partial charge >= 0.3 is 0 Å². The van der Waals surface area contributed by atoms with E-state index in [4.69, 9.17) is 11.5 Å². The lowest BCUT2D eigenvalue weighted by molar-refractivity contribution is -0.117. The summed E-state index contributed by atoms with van der Waals surface area (Å²) in [5.74, 6) is -0.436. The Hall–Kier alpha value is -2.57. The molecule has 7 nitrogen and oxygen atoms in total. The van der Waals surface area contributed by atoms with E-state index in [9.17, 15) is 9.59 Å². The molecular weight excluding hydrogens is 318 g/mol. The first-order valence-corrected chi connectivity index (χ1v) is 8.76. The number of amides is 2. The lowest BCUT2D eigenvalue weighted by Crippen LogP contribution is -2.39. The van der Waals surface area contributed by atoms with Crippen LogP contribution >= 0.6 is 0 Å². The van der Waals surface area contributed by atoms with Gasteiger partial charge in [-0.25, -0.2) is 4.99 Å². The summed E-state index contributed by atoms with van der Waals surface area (Å²) in [5, 5.41) is 5.75. The molecule has 0 aliphatic heterocycles. The molecule has 0 saturated heterocycles. The SMILES string of the molecule is NC(=O)CNC(=O)c1ccc(CN=C(N)NC2CCCCCC2)cc1. The van der Waals surface area contributed by atoms with Gasteiger partial charge in [0.25, 0.3) is 5.91 Å². The third kappa shape index (κ3) is 6.82. The highest BCUT2D eigenvalue weighted by Gasteiger charge is 2.12. The number of carbonyl (C=O) groups excluding carboxylic acids is 2. The maximum absolute atomic E-state index is 11.8. The summed E-state index contributed by atoms with van der Waals surface area (Å²) < 4.78 is 0. The number of nitrogens with two attached hydrogens (primary N) is 2. The van der Waals surface area contributed by atoms with E-state index in [2.05, 4.69) is 15.6 Å². The smallest absolute Gasteiger partial charge is 0.251 e. The Kier molecular flexibility index (Phi) is 7.25. The number of hydrogen-bond acceptors (Lipinski definition) is 3. The number of benzene rings is 1. The van der Waals surface area contributed by atoms with E-state index in [1.165, 1.54) is 25.7 Å². The minimum atomic E-state index is -0.573. The van der Waals surface area contributed by atoms with Crippen molar-refractivity contribution in [2.75, 3.05) is 6.54 Å². The van der Waals surface area contributed by atoms with Crippen LogP contribution in [0.15, 0.2) is 29.3 Å². The van der Waals surface area contributed by atoms with E-state index >= 15 is 0 Å². The third-order valence-electron chi connectivity index (χ3n) is 4.28. The van der Waals surface area contributed by atoms with Gasteiger partial charge in [-0.05, 0) is 30.5 Å². The summed E-state index contributed by atoms with van der Waals surface area (Å²) in [6, 6.07) is 7.44. The first-order valence-electron chi connectivity index (χ1n) is 8.76. The molecule has 6 N–H and O–H groups in total. The van der Waals surface area contributed by atoms with E-state index < -0.39 is 5.91 Å². The Labute approximate surface area is 148 Å². The number of rotatable bonds is 6. The molecule has 0 radical (unpaired) electrons. The number of guanidine groups is 1. The molecule has 1 fully saturated rings. The highest BCUT2D eigenvalue weighted by molar-refractivity contribution is 5.96. The van der Waals surface area contributed by atoms with Crippen LogP contribution in [0.1, 0.15) is 54.4 Å². The summed E-state index contributed by atoms with van der Waals surface area (Å²) in [5.41, 5.74) is 12.4. The van der Waals surface area contributed by atoms with E-state index in [1.54, 1.807) is 12.1 Å². The minimum absolute atomic E-state index is 0.172. The van der Waals surface area contributed by atoms with Crippen LogP contribution in [0, 0.1) is 0 Å². The number of carbonyl (C=O) groups is 2. The minimum Gasteiger partial charge on any atom is -0.370 e. The fraction of sp³-hybridized carbons (Fsp3) is 0.500. The fourth-order valence-electron chi connectivity index (χ4n) is 2.89. The van der Waals surface area contributed by atoms with Crippen LogP contribution in [0.25, 0.3) is 0 Å². The van der Waals surface area contributed by atoms with Gasteiger partial charge in [0, 0.05) is 11.6 Å². The zero-order valence-corrected chi connectivity index (χ0v) is 14.5. The lowest BCUT2D eigenvalue weighted by atomic mass is 10.1. The van der Waals surface area contributed by atoms with E-state index in [-0.39, 0.29) is 12.5 Å². The average molecular weight is 345 g/mol. The van der Waals surface area contributed by atoms with Gasteiger partial charge in [-0.3, -0.25) is 9.59 Å². The van der Waals surface area contributed by atoms with Crippen LogP contribution in [0.4, 0.5) is 0 Å². The molecule has 0 bridgehead atoms. The maximum Gasteiger partial charge on any atom is 0.251 e. The predicted octanol–water partition coefficient (Wildman–Crippen LogP) is 1.03. The Balaban J connectivity index is 1.83. The Morgan fingerprint density at radius 3 is 2.28 bits per heavy atom. The van der Waals surface area contributed by atoms with Crippen molar-refractivity contribution in [1.82, 2.24) is 10.6 Å². The summed E-state index contributed by atoms with van der Waals surface area (Å²) in [6.45, 7) is 0.281. The summed E-state index contributed by atoms with van der Waals surface area (Å²) in [6.07, 6.45) is 7.37. The standard InChI is InChI=1S/C18H27N5O2/c19-16(24)12-21-17(25)14-9-7-13(8-10-14)11-22-18(20)23-15-5-3-1-2-4-6-15/h7-10,15H,1-6,11-12H2,(H2,19,24)(H,21,25)(H3,20,22,23). The van der Waals surface area contributed by atoms with Crippen molar-refractivity contribution in [3.05, 3.63) is 35.4 Å². The molecule has 0 unspecified atom stereocenters. The molecule has 2 rings (SSSR count). The normalized spacial score (nSPS) is 16.1. The predicted molar refractivity (Wildman–Crippen MR) is 97.9 cm³/mol. The molecule has 1 aromatic rings. The van der Waals surface area contributed by atoms with Crippen molar-refractivity contribution >= 4 is 17.8 Å². The van der Waals surface area contributed by atoms with Gasteiger partial charge in [-0.2, -0.15) is 0 Å². The van der Waals surface area contributed by atoms with Crippen LogP contribution < -0.4 is 22.1 Å². The third-order valence-corrected chi connectivity index (χ3v) is 4.28. The van der Waals surface area contributed by atoms with Crippen molar-refractivity contribution in [2.24, 2.45) is 16.5 Å². The molecule has 0 atom stereocenters. The molecule has 1 aliphatic rings. The second-order valence-electron chi connectivity index (χ2n) is 6.38. The number of primary amides is 1. The van der Waals surface area contributed by atoms with Crippen molar-refractivity contribution in [3.8, 4) is 0 Å². The van der Waals surface area contributed by atoms with Gasteiger partial charge in [0.2, 0.25) is 5.91 Å². The Morgan fingerprint density at radius 2 is 1.68 bits per heavy atom. The van der Waals surface area contributed by atoms with Crippen molar-refractivity contribution in [2.45, 2.75) is 51.1 Å². The number of nitrogens with one attached hydrogen (secondary N) is 2. The van der Waals surface area contributed by atoms with Crippen LogP contribution in [0.5, 0.6) is 0 Å². The average Bonchev–Trinajstić information content (AvgIpc) is 2.87. The van der Waals surface area contributed by atoms with Crippen LogP contribution in [0.3, 0.4) is 0 Å². The van der Waals surface area contributed by atoms with Crippen LogP contribution in [0.2, 0.25) is 0 Å². The highest BCUT2D eigenvalue weighted by Crippen LogP contribution is 2.17. The number of hydrogen-bond donors (Lipinski definition) is 4. The van der Waals surface area contributed by atoms with Crippen molar-refractivity contribution < 1.29 is 9.59 Å². The van der Waals surface area contributed by atoms with Crippen molar-refractivity contribution in [3.63, 3.8) is 0 Å². The maximum atomic E-state index is 11.8. The van der Waals surface area contributed by atoms with Gasteiger partial charge in [0.1, 0.15) is 0 Å². The first-order chi connectivity index (χ1) is 12.0. The van der Waals surface area contributed by atoms with Crippen molar-refractivity contribution in [1.29, 1.82) is 0 Å². The molecule has 0 spiro atoms. The molecule has 1 saturated carbocycles. The van der Waals surface area contributed by atoms with Crippen LogP contribution in [-0.4, -0.2) is 30.4 Å². The molecular formula is C18H27N5O2. The summed E-state index contributed by atoms with van der Waals surface area (Å²) in [7, 11) is 0. The fourth-order valence-corrected chi connectivity index (χ4v) is 2.89. The monoisotopic (exact) mass is 345 g/mol. The Bertz CT molecular complexity index is 604. The molecule has 136 valence electrons. The van der Waals surface area contributed by atoms with Gasteiger partial charge in [-0.1, -0.05) is 37.8 Å². The van der Waals surface area contributed by atoms with E-state index in [1.807, 2.05) is 12.1 Å². The number of aliphatic imine (C=N–C) groups is 1. The highest BCUT2D eigenvalue weighted by atomic mass is 16.2. The quantitative estimate of drug-likeness (QED) is 0.349. The van der Waals surface area contributed by atoms with Gasteiger partial charge in [0.15, 0.2) is 5.96 Å². The first kappa shape index (κ1) is 18.8. The summed E-state index contributed by atoms with van der Waals surface area (Å²) in [4.78, 5) is 26.8. The van der Waals surface area contributed by atoms with Gasteiger partial charge < -0.3 is 22.1 Å². The van der Waals surface area contributed by atoms with E-state index in [0.717, 1.165) is 18.4 Å². The molecule has 2 amide bonds. The largest absolute Gasteiger partial charge is 0.370 e. The number of nitrogens with zero attached hydrogens (tertiary/aromatic N) is 1. The molecule has 1 aromatic carbocycles. The van der Waals surface area contributed by atoms with Crippen LogP contribution in [-0.2, 0) is 11.3 Å². The lowest BCUT2D eigenvalue weighted by Gasteiger charge is -2.16. The molecule has 0 aromatic heterocycles. The molecule has 7 heteroatoms. The Morgan fingerprint density at radius 1 is 1.04 bits per heavy atom. The second-order valence-corrected chi connectivity index (χ2v) is 6.38. The molecule has 25 heavy (non-hydrogen) atoms. The zero-order chi connectivity index (χ0) is 18.1. The topological polar surface area (TPSA) is 123 Å². The second kappa shape index (κ2) is 9.66. The van der Waals surface area contributed by atoms with Gasteiger partial charge in [-0.15, -0.1) is 0 Å². The zero-order valence-electron chi connectivity index (χ0n) is 14.5. The van der Waals surface area contributed by atoms with E-state index in [0.29, 0.717) is 24.1 Å².